The molecule has 0 bridgehead atoms. The van der Waals surface area contributed by atoms with Crippen LogP contribution in [0.15, 0.2) is 12.2 Å². The van der Waals surface area contributed by atoms with Crippen molar-refractivity contribution in [3.63, 3.8) is 0 Å². The van der Waals surface area contributed by atoms with Crippen LogP contribution in [0, 0.1) is 0 Å². The standard InChI is InChI=1S/C18H35NO2.C4H11NO2/c1-2-3-4-11-14-17(20)15-12-9-7-5-6-8-10-13-16-18(19)21;6-3-1-5-2-4-7/h9,12,17,20H,2-8,10-11,13-16H2,1H3,(H2,19,21);5-7H,1-4H2/b12-9-;/t17-;/m1./s1. The van der Waals surface area contributed by atoms with Crippen LogP contribution in [0.4, 0.5) is 0 Å². The molecular formula is C22H46N2O4. The van der Waals surface area contributed by atoms with Gasteiger partial charge in [0, 0.05) is 19.5 Å². The van der Waals surface area contributed by atoms with Crippen molar-refractivity contribution in [1.29, 1.82) is 0 Å². The smallest absolute Gasteiger partial charge is 0.217 e. The lowest BCUT2D eigenvalue weighted by Crippen LogP contribution is -2.21. The largest absolute Gasteiger partial charge is 0.395 e. The lowest BCUT2D eigenvalue weighted by atomic mass is 10.1. The van der Waals surface area contributed by atoms with E-state index in [1.807, 2.05) is 0 Å². The number of aliphatic hydroxyl groups excluding tert-OH is 3. The van der Waals surface area contributed by atoms with Crippen molar-refractivity contribution in [1.82, 2.24) is 5.32 Å². The Bertz CT molecular complexity index is 334. The molecule has 0 heterocycles. The van der Waals surface area contributed by atoms with Crippen molar-refractivity contribution < 1.29 is 20.1 Å². The summed E-state index contributed by atoms with van der Waals surface area (Å²) in [5, 5.41) is 28.9. The van der Waals surface area contributed by atoms with Crippen LogP contribution in [0.3, 0.4) is 0 Å². The molecule has 0 aromatic rings. The molecule has 0 unspecified atom stereocenters. The highest BCUT2D eigenvalue weighted by Gasteiger charge is 2.00. The normalized spacial score (nSPS) is 12.0. The Balaban J connectivity index is 0. The first-order valence-corrected chi connectivity index (χ1v) is 11.1. The van der Waals surface area contributed by atoms with E-state index >= 15 is 0 Å². The predicted octanol–water partition coefficient (Wildman–Crippen LogP) is 3.04. The summed E-state index contributed by atoms with van der Waals surface area (Å²) < 4.78 is 0. The number of nitrogens with two attached hydrogens (primary N) is 1. The van der Waals surface area contributed by atoms with Gasteiger partial charge in [0.15, 0.2) is 0 Å². The Labute approximate surface area is 172 Å². The van der Waals surface area contributed by atoms with Gasteiger partial charge in [0.25, 0.3) is 0 Å². The van der Waals surface area contributed by atoms with Crippen molar-refractivity contribution in [2.45, 2.75) is 96.5 Å². The molecule has 0 radical (unpaired) electrons. The molecule has 168 valence electrons. The fourth-order valence-electron chi connectivity index (χ4n) is 2.67. The summed E-state index contributed by atoms with van der Waals surface area (Å²) in [4.78, 5) is 10.6. The van der Waals surface area contributed by atoms with Crippen LogP contribution in [-0.4, -0.2) is 53.6 Å². The van der Waals surface area contributed by atoms with Gasteiger partial charge in [-0.3, -0.25) is 4.79 Å². The zero-order valence-electron chi connectivity index (χ0n) is 18.1. The van der Waals surface area contributed by atoms with Crippen molar-refractivity contribution in [2.24, 2.45) is 5.73 Å². The van der Waals surface area contributed by atoms with Gasteiger partial charge in [0.2, 0.25) is 5.91 Å². The molecule has 0 aliphatic carbocycles. The number of amides is 1. The average molecular weight is 403 g/mol. The third-order valence-corrected chi connectivity index (χ3v) is 4.34. The van der Waals surface area contributed by atoms with Gasteiger partial charge in [-0.2, -0.15) is 0 Å². The molecule has 0 aromatic heterocycles. The lowest BCUT2D eigenvalue weighted by Gasteiger charge is -2.07. The average Bonchev–Trinajstić information content (AvgIpc) is 2.67. The Kier molecular flexibility index (Phi) is 27.2. The number of rotatable bonds is 19. The Morgan fingerprint density at radius 3 is 2.14 bits per heavy atom. The molecule has 0 rings (SSSR count). The van der Waals surface area contributed by atoms with E-state index < -0.39 is 0 Å². The van der Waals surface area contributed by atoms with Gasteiger partial charge in [-0.15, -0.1) is 0 Å². The predicted molar refractivity (Wildman–Crippen MR) is 117 cm³/mol. The minimum atomic E-state index is -0.189. The quantitative estimate of drug-likeness (QED) is 0.168. The Morgan fingerprint density at radius 1 is 0.929 bits per heavy atom. The summed E-state index contributed by atoms with van der Waals surface area (Å²) in [6.45, 7) is 3.62. The van der Waals surface area contributed by atoms with E-state index in [9.17, 15) is 9.90 Å². The molecule has 0 fully saturated rings. The number of primary amides is 1. The molecule has 0 aliphatic rings. The summed E-state index contributed by atoms with van der Waals surface area (Å²) in [6, 6.07) is 0. The number of carbonyl (C=O) groups is 1. The van der Waals surface area contributed by atoms with E-state index in [4.69, 9.17) is 15.9 Å². The number of carbonyl (C=O) groups excluding carboxylic acids is 1. The lowest BCUT2D eigenvalue weighted by molar-refractivity contribution is -0.118. The van der Waals surface area contributed by atoms with Gasteiger partial charge in [-0.1, -0.05) is 64.0 Å². The highest BCUT2D eigenvalue weighted by Crippen LogP contribution is 2.10. The van der Waals surface area contributed by atoms with Crippen molar-refractivity contribution >= 4 is 5.91 Å². The van der Waals surface area contributed by atoms with Crippen molar-refractivity contribution in [3.05, 3.63) is 12.2 Å². The van der Waals surface area contributed by atoms with E-state index in [-0.39, 0.29) is 25.2 Å². The first-order valence-electron chi connectivity index (χ1n) is 11.1. The first kappa shape index (κ1) is 29.3. The van der Waals surface area contributed by atoms with Gasteiger partial charge >= 0.3 is 0 Å². The molecule has 0 aliphatic heterocycles. The van der Waals surface area contributed by atoms with Crippen LogP contribution < -0.4 is 11.1 Å². The van der Waals surface area contributed by atoms with Crippen LogP contribution in [-0.2, 0) is 4.79 Å². The third kappa shape index (κ3) is 29.8. The molecule has 0 saturated heterocycles. The van der Waals surface area contributed by atoms with Crippen LogP contribution in [0.25, 0.3) is 0 Å². The molecular weight excluding hydrogens is 356 g/mol. The summed E-state index contributed by atoms with van der Waals surface area (Å²) in [6.07, 6.45) is 18.0. The van der Waals surface area contributed by atoms with Crippen LogP contribution in [0.1, 0.15) is 90.4 Å². The molecule has 0 aromatic carbocycles. The molecule has 0 saturated carbocycles. The minimum Gasteiger partial charge on any atom is -0.395 e. The Morgan fingerprint density at radius 2 is 1.54 bits per heavy atom. The SMILES string of the molecule is CCCCCC[C@@H](O)C/C=C\CCCCCCCC(N)=O.OCCNCCO. The number of hydrogen-bond donors (Lipinski definition) is 5. The van der Waals surface area contributed by atoms with E-state index in [1.165, 1.54) is 38.5 Å². The summed E-state index contributed by atoms with van der Waals surface area (Å²) >= 11 is 0. The molecule has 6 N–H and O–H groups in total. The first-order chi connectivity index (χ1) is 13.6. The van der Waals surface area contributed by atoms with Crippen molar-refractivity contribution in [3.8, 4) is 0 Å². The number of allylic oxidation sites excluding steroid dienone is 1. The second-order valence-electron chi connectivity index (χ2n) is 7.18. The van der Waals surface area contributed by atoms with E-state index in [0.717, 1.165) is 38.5 Å². The molecule has 28 heavy (non-hydrogen) atoms. The second-order valence-corrected chi connectivity index (χ2v) is 7.18. The van der Waals surface area contributed by atoms with E-state index in [2.05, 4.69) is 24.4 Å². The monoisotopic (exact) mass is 402 g/mol. The van der Waals surface area contributed by atoms with Gasteiger partial charge in [0.1, 0.15) is 0 Å². The third-order valence-electron chi connectivity index (χ3n) is 4.34. The maximum absolute atomic E-state index is 10.6. The number of unbranched alkanes of at least 4 members (excludes halogenated alkanes) is 8. The summed E-state index contributed by atoms with van der Waals surface area (Å²) in [5.41, 5.74) is 5.09. The van der Waals surface area contributed by atoms with E-state index in [0.29, 0.717) is 19.5 Å². The summed E-state index contributed by atoms with van der Waals surface area (Å²) in [7, 11) is 0. The van der Waals surface area contributed by atoms with Crippen LogP contribution >= 0.6 is 0 Å². The van der Waals surface area contributed by atoms with Crippen LogP contribution in [0.2, 0.25) is 0 Å². The maximum atomic E-state index is 10.6. The number of aliphatic hydroxyl groups is 3. The van der Waals surface area contributed by atoms with Crippen LogP contribution in [0.5, 0.6) is 0 Å². The maximum Gasteiger partial charge on any atom is 0.217 e. The highest BCUT2D eigenvalue weighted by atomic mass is 16.3. The topological polar surface area (TPSA) is 116 Å². The Hall–Kier alpha value is -0.950. The number of nitrogens with one attached hydrogen (secondary N) is 1. The van der Waals surface area contributed by atoms with E-state index in [1.54, 1.807) is 0 Å². The second kappa shape index (κ2) is 26.1. The van der Waals surface area contributed by atoms with Gasteiger partial charge < -0.3 is 26.4 Å². The molecule has 0 spiro atoms. The molecule has 1 atom stereocenters. The summed E-state index contributed by atoms with van der Waals surface area (Å²) in [5.74, 6) is -0.189. The van der Waals surface area contributed by atoms with Gasteiger partial charge in [0.05, 0.1) is 19.3 Å². The zero-order valence-corrected chi connectivity index (χ0v) is 18.1. The molecule has 6 heteroatoms. The number of hydrogen-bond acceptors (Lipinski definition) is 5. The zero-order chi connectivity index (χ0) is 21.3. The molecule has 1 amide bonds. The highest BCUT2D eigenvalue weighted by molar-refractivity contribution is 5.73. The fraction of sp³-hybridized carbons (Fsp3) is 0.864. The minimum absolute atomic E-state index is 0.139. The van der Waals surface area contributed by atoms with Crippen molar-refractivity contribution in [2.75, 3.05) is 26.3 Å². The molecule has 6 nitrogen and oxygen atoms in total. The van der Waals surface area contributed by atoms with Gasteiger partial charge in [-0.25, -0.2) is 0 Å². The van der Waals surface area contributed by atoms with Gasteiger partial charge in [-0.05, 0) is 32.1 Å². The fourth-order valence-corrected chi connectivity index (χ4v) is 2.67.